The van der Waals surface area contributed by atoms with Crippen molar-refractivity contribution >= 4 is 23.5 Å². The van der Waals surface area contributed by atoms with Crippen LogP contribution in [0.4, 0.5) is 0 Å². The third kappa shape index (κ3) is 4.84. The molecule has 23 heavy (non-hydrogen) atoms. The molecule has 0 bridgehead atoms. The normalized spacial score (nSPS) is 16.6. The Balaban J connectivity index is 2.10. The molecule has 0 radical (unpaired) electrons. The Morgan fingerprint density at radius 2 is 2.09 bits per heavy atom. The second kappa shape index (κ2) is 7.66. The summed E-state index contributed by atoms with van der Waals surface area (Å²) >= 11 is 5.96. The molecule has 0 saturated carbocycles. The van der Waals surface area contributed by atoms with E-state index in [1.54, 1.807) is 18.2 Å². The van der Waals surface area contributed by atoms with Crippen LogP contribution in [-0.4, -0.2) is 42.8 Å². The molecule has 0 spiro atoms. The third-order valence-electron chi connectivity index (χ3n) is 3.94. The molecule has 0 aromatic heterocycles. The van der Waals surface area contributed by atoms with Crippen molar-refractivity contribution in [1.82, 2.24) is 5.32 Å². The van der Waals surface area contributed by atoms with Crippen LogP contribution in [0.3, 0.4) is 0 Å². The van der Waals surface area contributed by atoms with Gasteiger partial charge in [0.2, 0.25) is 5.91 Å². The largest absolute Gasteiger partial charge is 0.496 e. The van der Waals surface area contributed by atoms with Crippen molar-refractivity contribution in [3.63, 3.8) is 0 Å². The molecule has 1 fully saturated rings. The second-order valence-electron chi connectivity index (χ2n) is 5.64. The highest BCUT2D eigenvalue weighted by molar-refractivity contribution is 6.30. The highest BCUT2D eigenvalue weighted by Gasteiger charge is 2.36. The molecule has 1 saturated heterocycles. The zero-order valence-electron chi connectivity index (χ0n) is 12.9. The van der Waals surface area contributed by atoms with Gasteiger partial charge in [-0.2, -0.15) is 0 Å². The summed E-state index contributed by atoms with van der Waals surface area (Å²) in [6.45, 7) is 0.877. The van der Waals surface area contributed by atoms with E-state index in [-0.39, 0.29) is 18.7 Å². The molecule has 1 heterocycles. The van der Waals surface area contributed by atoms with Crippen molar-refractivity contribution in [3.05, 3.63) is 28.8 Å². The summed E-state index contributed by atoms with van der Waals surface area (Å²) < 4.78 is 10.5. The highest BCUT2D eigenvalue weighted by atomic mass is 35.5. The molecule has 1 amide bonds. The monoisotopic (exact) mass is 341 g/mol. The summed E-state index contributed by atoms with van der Waals surface area (Å²) in [6, 6.07) is 5.06. The first-order chi connectivity index (χ1) is 10.9. The van der Waals surface area contributed by atoms with Gasteiger partial charge in [0, 0.05) is 23.8 Å². The Morgan fingerprint density at radius 3 is 2.70 bits per heavy atom. The fraction of sp³-hybridized carbons (Fsp3) is 0.500. The molecule has 2 N–H and O–H groups in total. The minimum Gasteiger partial charge on any atom is -0.496 e. The number of rotatable bonds is 6. The Kier molecular flexibility index (Phi) is 5.85. The molecular formula is C16H20ClNO5. The maximum absolute atomic E-state index is 12.4. The number of benzene rings is 1. The van der Waals surface area contributed by atoms with E-state index < -0.39 is 11.5 Å². The fourth-order valence-electron chi connectivity index (χ4n) is 2.80. The predicted molar refractivity (Wildman–Crippen MR) is 84.9 cm³/mol. The molecule has 2 rings (SSSR count). The van der Waals surface area contributed by atoms with Crippen molar-refractivity contribution in [2.75, 3.05) is 20.3 Å². The molecule has 0 atom stereocenters. The molecule has 1 aromatic carbocycles. The number of hydrogen-bond acceptors (Lipinski definition) is 4. The molecule has 1 aromatic rings. The minimum absolute atomic E-state index is 0.0754. The van der Waals surface area contributed by atoms with Crippen LogP contribution >= 0.6 is 11.6 Å². The molecule has 126 valence electrons. The van der Waals surface area contributed by atoms with E-state index in [1.807, 2.05) is 0 Å². The number of aliphatic carboxylic acids is 1. The smallest absolute Gasteiger partial charge is 0.305 e. The molecule has 1 aliphatic rings. The predicted octanol–water partition coefficient (Wildman–Crippen LogP) is 2.03. The molecule has 0 unspecified atom stereocenters. The van der Waals surface area contributed by atoms with Gasteiger partial charge in [-0.15, -0.1) is 0 Å². The lowest BCUT2D eigenvalue weighted by atomic mass is 9.86. The Labute approximate surface area is 139 Å². The van der Waals surface area contributed by atoms with Gasteiger partial charge in [0.1, 0.15) is 5.75 Å². The maximum Gasteiger partial charge on any atom is 0.305 e. The van der Waals surface area contributed by atoms with E-state index in [1.165, 1.54) is 7.11 Å². The van der Waals surface area contributed by atoms with Crippen molar-refractivity contribution < 1.29 is 24.2 Å². The molecule has 7 heteroatoms. The molecule has 1 aliphatic heterocycles. The molecule has 0 aliphatic carbocycles. The lowest BCUT2D eigenvalue weighted by Gasteiger charge is -2.36. The number of nitrogens with one attached hydrogen (secondary N) is 1. The number of halogens is 1. The number of amides is 1. The lowest BCUT2D eigenvalue weighted by Crippen LogP contribution is -2.53. The average Bonchev–Trinajstić information content (AvgIpc) is 2.47. The van der Waals surface area contributed by atoms with Gasteiger partial charge < -0.3 is 19.9 Å². The maximum atomic E-state index is 12.4. The zero-order chi connectivity index (χ0) is 16.9. The van der Waals surface area contributed by atoms with Crippen LogP contribution in [0.15, 0.2) is 18.2 Å². The van der Waals surface area contributed by atoms with E-state index in [9.17, 15) is 9.59 Å². The standard InChI is InChI=1S/C16H20ClNO5/c1-22-13-3-2-12(17)8-11(13)9-14(19)18-16(10-15(20)21)4-6-23-7-5-16/h2-3,8H,4-7,9-10H2,1H3,(H,18,19)(H,20,21). The summed E-state index contributed by atoms with van der Waals surface area (Å²) in [5.41, 5.74) is -0.0949. The van der Waals surface area contributed by atoms with Crippen molar-refractivity contribution in [3.8, 4) is 5.75 Å². The Hall–Kier alpha value is -1.79. The average molecular weight is 342 g/mol. The van der Waals surface area contributed by atoms with Crippen molar-refractivity contribution in [2.24, 2.45) is 0 Å². The summed E-state index contributed by atoms with van der Waals surface area (Å²) in [7, 11) is 1.52. The SMILES string of the molecule is COc1ccc(Cl)cc1CC(=O)NC1(CC(=O)O)CCOCC1. The number of carboxylic acid groups (broad SMARTS) is 1. The van der Waals surface area contributed by atoms with Gasteiger partial charge in [-0.05, 0) is 31.0 Å². The number of methoxy groups -OCH3 is 1. The van der Waals surface area contributed by atoms with Gasteiger partial charge in [-0.25, -0.2) is 0 Å². The summed E-state index contributed by atoms with van der Waals surface area (Å²) in [5.74, 6) is -0.620. The van der Waals surface area contributed by atoms with E-state index >= 15 is 0 Å². The van der Waals surface area contributed by atoms with Gasteiger partial charge in [-0.1, -0.05) is 11.6 Å². The number of ether oxygens (including phenoxy) is 2. The Morgan fingerprint density at radius 1 is 1.39 bits per heavy atom. The first-order valence-electron chi connectivity index (χ1n) is 7.37. The van der Waals surface area contributed by atoms with Crippen LogP contribution in [-0.2, 0) is 20.7 Å². The highest BCUT2D eigenvalue weighted by Crippen LogP contribution is 2.26. The van der Waals surface area contributed by atoms with Crippen LogP contribution in [0.2, 0.25) is 5.02 Å². The van der Waals surface area contributed by atoms with Crippen molar-refractivity contribution in [1.29, 1.82) is 0 Å². The zero-order valence-corrected chi connectivity index (χ0v) is 13.7. The van der Waals surface area contributed by atoms with Gasteiger partial charge >= 0.3 is 5.97 Å². The quantitative estimate of drug-likeness (QED) is 0.827. The second-order valence-corrected chi connectivity index (χ2v) is 6.08. The Bertz CT molecular complexity index is 584. The van der Waals surface area contributed by atoms with Crippen LogP contribution < -0.4 is 10.1 Å². The van der Waals surface area contributed by atoms with Gasteiger partial charge in [0.15, 0.2) is 0 Å². The van der Waals surface area contributed by atoms with E-state index in [2.05, 4.69) is 5.32 Å². The topological polar surface area (TPSA) is 84.9 Å². The summed E-state index contributed by atoms with van der Waals surface area (Å²) in [5, 5.41) is 12.5. The van der Waals surface area contributed by atoms with Crippen LogP contribution in [0.25, 0.3) is 0 Å². The molecular weight excluding hydrogens is 322 g/mol. The van der Waals surface area contributed by atoms with E-state index in [4.69, 9.17) is 26.2 Å². The van der Waals surface area contributed by atoms with Crippen LogP contribution in [0.1, 0.15) is 24.8 Å². The summed E-state index contributed by atoms with van der Waals surface area (Å²) in [4.78, 5) is 23.5. The van der Waals surface area contributed by atoms with E-state index in [0.29, 0.717) is 42.4 Å². The number of carbonyl (C=O) groups is 2. The lowest BCUT2D eigenvalue weighted by molar-refractivity contribution is -0.140. The number of carboxylic acids is 1. The molecule has 6 nitrogen and oxygen atoms in total. The minimum atomic E-state index is -0.937. The van der Waals surface area contributed by atoms with Crippen molar-refractivity contribution in [2.45, 2.75) is 31.2 Å². The van der Waals surface area contributed by atoms with Crippen LogP contribution in [0.5, 0.6) is 5.75 Å². The number of carbonyl (C=O) groups excluding carboxylic acids is 1. The van der Waals surface area contributed by atoms with Gasteiger partial charge in [-0.3, -0.25) is 9.59 Å². The van der Waals surface area contributed by atoms with E-state index in [0.717, 1.165) is 0 Å². The van der Waals surface area contributed by atoms with Crippen LogP contribution in [0, 0.1) is 0 Å². The third-order valence-corrected chi connectivity index (χ3v) is 4.17. The fourth-order valence-corrected chi connectivity index (χ4v) is 2.99. The number of hydrogen-bond donors (Lipinski definition) is 2. The van der Waals surface area contributed by atoms with Gasteiger partial charge in [0.25, 0.3) is 0 Å². The summed E-state index contributed by atoms with van der Waals surface area (Å²) in [6.07, 6.45) is 0.927. The van der Waals surface area contributed by atoms with Gasteiger partial charge in [0.05, 0.1) is 25.5 Å². The first-order valence-corrected chi connectivity index (χ1v) is 7.75. The first kappa shape index (κ1) is 17.6.